The predicted octanol–water partition coefficient (Wildman–Crippen LogP) is 5.16. The minimum atomic E-state index is -0.647. The first-order valence-corrected chi connectivity index (χ1v) is 13.4. The van der Waals surface area contributed by atoms with E-state index < -0.39 is 17.3 Å². The quantitative estimate of drug-likeness (QED) is 0.293. The lowest BCUT2D eigenvalue weighted by atomic mass is 9.79. The van der Waals surface area contributed by atoms with Crippen LogP contribution in [0.25, 0.3) is 10.9 Å². The Bertz CT molecular complexity index is 1530. The van der Waals surface area contributed by atoms with Gasteiger partial charge in [0.1, 0.15) is 5.39 Å². The molecular formula is C28H29ClFN5O4. The summed E-state index contributed by atoms with van der Waals surface area (Å²) in [5, 5.41) is 11.2. The minimum Gasteiger partial charge on any atom is -0.490 e. The van der Waals surface area contributed by atoms with Crippen LogP contribution in [0.3, 0.4) is 0 Å². The number of aromatic nitrogens is 4. The van der Waals surface area contributed by atoms with Gasteiger partial charge in [0.15, 0.2) is 17.4 Å². The van der Waals surface area contributed by atoms with Crippen molar-refractivity contribution >= 4 is 28.4 Å². The molecule has 0 bridgehead atoms. The van der Waals surface area contributed by atoms with Crippen LogP contribution in [0.4, 0.5) is 4.39 Å². The van der Waals surface area contributed by atoms with Gasteiger partial charge in [-0.05, 0) is 60.9 Å². The van der Waals surface area contributed by atoms with E-state index in [0.717, 1.165) is 44.1 Å². The Kier molecular flexibility index (Phi) is 8.21. The summed E-state index contributed by atoms with van der Waals surface area (Å²) in [4.78, 5) is 32.2. The highest BCUT2D eigenvalue weighted by Gasteiger charge is 2.24. The lowest BCUT2D eigenvalue weighted by Crippen LogP contribution is -2.27. The predicted molar refractivity (Wildman–Crippen MR) is 143 cm³/mol. The van der Waals surface area contributed by atoms with Crippen molar-refractivity contribution in [3.8, 4) is 5.75 Å². The number of rotatable bonds is 9. The van der Waals surface area contributed by atoms with Crippen molar-refractivity contribution in [1.29, 1.82) is 0 Å². The van der Waals surface area contributed by atoms with Gasteiger partial charge in [-0.3, -0.25) is 9.59 Å². The van der Waals surface area contributed by atoms with Crippen LogP contribution in [0.5, 0.6) is 5.75 Å². The molecule has 0 spiro atoms. The molecule has 1 fully saturated rings. The van der Waals surface area contributed by atoms with E-state index in [1.165, 1.54) is 12.1 Å². The van der Waals surface area contributed by atoms with E-state index in [1.54, 1.807) is 25.1 Å². The van der Waals surface area contributed by atoms with Gasteiger partial charge in [-0.2, -0.15) is 0 Å². The Morgan fingerprint density at radius 2 is 1.97 bits per heavy atom. The van der Waals surface area contributed by atoms with Gasteiger partial charge in [-0.15, -0.1) is 10.2 Å². The third-order valence-corrected chi connectivity index (χ3v) is 7.34. The van der Waals surface area contributed by atoms with Gasteiger partial charge in [0, 0.05) is 24.9 Å². The number of benzene rings is 2. The molecule has 2 N–H and O–H groups in total. The molecular weight excluding hydrogens is 525 g/mol. The standard InChI is InChI=1S/C28H29ClFN5O4/c1-16-34-35-23(39-16)14-18-7-5-17(6-8-18)11-12-38-25-21(30)9-10-22-24(25)27(36)33-26(32-22)28(37)31-15-19-3-2-4-20(29)13-19/h2-4,9-10,13,17-18H,5-8,11-12,14-15H2,1H3,(H,31,37)(H,32,33,36). The molecule has 0 unspecified atom stereocenters. The van der Waals surface area contributed by atoms with Gasteiger partial charge in [0.2, 0.25) is 11.8 Å². The van der Waals surface area contributed by atoms with Gasteiger partial charge in [0.05, 0.1) is 12.1 Å². The maximum Gasteiger partial charge on any atom is 0.287 e. The zero-order chi connectivity index (χ0) is 27.4. The van der Waals surface area contributed by atoms with Crippen LogP contribution in [0.15, 0.2) is 45.6 Å². The van der Waals surface area contributed by atoms with E-state index in [0.29, 0.717) is 28.6 Å². The van der Waals surface area contributed by atoms with E-state index in [9.17, 15) is 14.0 Å². The van der Waals surface area contributed by atoms with Gasteiger partial charge in [0.25, 0.3) is 11.5 Å². The van der Waals surface area contributed by atoms with Gasteiger partial charge < -0.3 is 19.5 Å². The highest BCUT2D eigenvalue weighted by Crippen LogP contribution is 2.33. The number of carbonyl (C=O) groups is 1. The third kappa shape index (κ3) is 6.62. The van der Waals surface area contributed by atoms with Crippen molar-refractivity contribution < 1.29 is 18.3 Å². The smallest absolute Gasteiger partial charge is 0.287 e. The van der Waals surface area contributed by atoms with E-state index in [2.05, 4.69) is 25.5 Å². The van der Waals surface area contributed by atoms with Crippen LogP contribution in [-0.4, -0.2) is 32.7 Å². The number of carbonyl (C=O) groups excluding carboxylic acids is 1. The van der Waals surface area contributed by atoms with Gasteiger partial charge >= 0.3 is 0 Å². The SMILES string of the molecule is Cc1nnc(CC2CCC(CCOc3c(F)ccc4nc(C(=O)NCc5cccc(Cl)c5)[nH]c(=O)c34)CC2)o1. The van der Waals surface area contributed by atoms with Crippen molar-refractivity contribution in [3.05, 3.63) is 80.8 Å². The number of halogens is 2. The third-order valence-electron chi connectivity index (χ3n) is 7.11. The summed E-state index contributed by atoms with van der Waals surface area (Å²) in [5.74, 6) is 0.711. The Balaban J connectivity index is 1.19. The summed E-state index contributed by atoms with van der Waals surface area (Å²) >= 11 is 5.98. The van der Waals surface area contributed by atoms with Gasteiger partial charge in [-0.1, -0.05) is 36.6 Å². The van der Waals surface area contributed by atoms with E-state index in [1.807, 2.05) is 6.07 Å². The van der Waals surface area contributed by atoms with Crippen LogP contribution < -0.4 is 15.6 Å². The summed E-state index contributed by atoms with van der Waals surface area (Å²) in [5.41, 5.74) is 0.339. The molecule has 204 valence electrons. The number of H-pyrrole nitrogens is 1. The molecule has 11 heteroatoms. The number of nitrogens with zero attached hydrogens (tertiary/aromatic N) is 3. The molecule has 1 aliphatic rings. The van der Waals surface area contributed by atoms with Crippen LogP contribution in [0, 0.1) is 24.6 Å². The first-order valence-electron chi connectivity index (χ1n) is 13.0. The number of hydrogen-bond acceptors (Lipinski definition) is 7. The summed E-state index contributed by atoms with van der Waals surface area (Å²) in [7, 11) is 0. The second-order valence-corrected chi connectivity index (χ2v) is 10.4. The zero-order valence-corrected chi connectivity index (χ0v) is 22.3. The van der Waals surface area contributed by atoms with Crippen LogP contribution in [-0.2, 0) is 13.0 Å². The van der Waals surface area contributed by atoms with Crippen molar-refractivity contribution in [2.75, 3.05) is 6.61 Å². The molecule has 2 aromatic carbocycles. The number of hydrogen-bond donors (Lipinski definition) is 2. The summed E-state index contributed by atoms with van der Waals surface area (Å²) in [6.07, 6.45) is 5.73. The Morgan fingerprint density at radius 3 is 2.72 bits per heavy atom. The summed E-state index contributed by atoms with van der Waals surface area (Å²) < 4.78 is 26.0. The number of amides is 1. The first kappa shape index (κ1) is 26.8. The molecule has 2 aromatic heterocycles. The fourth-order valence-corrected chi connectivity index (χ4v) is 5.27. The van der Waals surface area contributed by atoms with E-state index in [-0.39, 0.29) is 35.6 Å². The lowest BCUT2D eigenvalue weighted by molar-refractivity contribution is 0.0940. The normalized spacial score (nSPS) is 17.3. The number of aryl methyl sites for hydroxylation is 1. The topological polar surface area (TPSA) is 123 Å². The molecule has 0 saturated heterocycles. The van der Waals surface area contributed by atoms with Crippen molar-refractivity contribution in [3.63, 3.8) is 0 Å². The second-order valence-electron chi connectivity index (χ2n) is 9.94. The summed E-state index contributed by atoms with van der Waals surface area (Å²) in [6.45, 7) is 2.27. The van der Waals surface area contributed by atoms with E-state index >= 15 is 0 Å². The summed E-state index contributed by atoms with van der Waals surface area (Å²) in [6, 6.07) is 9.62. The highest BCUT2D eigenvalue weighted by atomic mass is 35.5. The fraction of sp³-hybridized carbons (Fsp3) is 0.393. The maximum absolute atomic E-state index is 14.7. The average molecular weight is 554 g/mol. The molecule has 2 heterocycles. The first-order chi connectivity index (χ1) is 18.9. The molecule has 0 atom stereocenters. The molecule has 4 aromatic rings. The Morgan fingerprint density at radius 1 is 1.18 bits per heavy atom. The minimum absolute atomic E-state index is 0.0139. The van der Waals surface area contributed by atoms with Crippen molar-refractivity contribution in [1.82, 2.24) is 25.5 Å². The molecule has 5 rings (SSSR count). The molecule has 39 heavy (non-hydrogen) atoms. The monoisotopic (exact) mass is 553 g/mol. The van der Waals surface area contributed by atoms with Crippen molar-refractivity contribution in [2.45, 2.75) is 52.0 Å². The number of ether oxygens (including phenoxy) is 1. The number of fused-ring (bicyclic) bond motifs is 1. The maximum atomic E-state index is 14.7. The lowest BCUT2D eigenvalue weighted by Gasteiger charge is -2.27. The number of aromatic amines is 1. The van der Waals surface area contributed by atoms with Crippen LogP contribution in [0.1, 0.15) is 60.1 Å². The zero-order valence-electron chi connectivity index (χ0n) is 21.5. The Hall–Kier alpha value is -3.79. The van der Waals surface area contributed by atoms with Crippen LogP contribution >= 0.6 is 11.6 Å². The second kappa shape index (κ2) is 11.9. The molecule has 0 aliphatic heterocycles. The number of nitrogens with one attached hydrogen (secondary N) is 2. The molecule has 1 saturated carbocycles. The largest absolute Gasteiger partial charge is 0.490 e. The molecule has 1 amide bonds. The molecule has 9 nitrogen and oxygen atoms in total. The molecule has 1 aliphatic carbocycles. The van der Waals surface area contributed by atoms with Crippen LogP contribution in [0.2, 0.25) is 5.02 Å². The Labute approximate surface area is 229 Å². The highest BCUT2D eigenvalue weighted by molar-refractivity contribution is 6.30. The molecule has 0 radical (unpaired) electrons. The van der Waals surface area contributed by atoms with Gasteiger partial charge in [-0.25, -0.2) is 9.37 Å². The fourth-order valence-electron chi connectivity index (χ4n) is 5.06. The van der Waals surface area contributed by atoms with Crippen molar-refractivity contribution in [2.24, 2.45) is 11.8 Å². The average Bonchev–Trinajstić information content (AvgIpc) is 3.33. The van der Waals surface area contributed by atoms with E-state index in [4.69, 9.17) is 20.8 Å².